The van der Waals surface area contributed by atoms with Gasteiger partial charge in [-0.3, -0.25) is 9.69 Å². The van der Waals surface area contributed by atoms with Crippen LogP contribution >= 0.6 is 0 Å². The summed E-state index contributed by atoms with van der Waals surface area (Å²) in [5.74, 6) is 1.55. The van der Waals surface area contributed by atoms with Crippen LogP contribution in [0.4, 0.5) is 0 Å². The van der Waals surface area contributed by atoms with E-state index >= 15 is 0 Å². The monoisotopic (exact) mass is 287 g/mol. The van der Waals surface area contributed by atoms with Gasteiger partial charge in [-0.05, 0) is 57.2 Å². The largest absolute Gasteiger partial charge is 0.297 e. The summed E-state index contributed by atoms with van der Waals surface area (Å²) < 4.78 is 0. The second kappa shape index (κ2) is 6.31. The van der Waals surface area contributed by atoms with E-state index in [0.717, 1.165) is 37.2 Å². The van der Waals surface area contributed by atoms with Gasteiger partial charge in [0.1, 0.15) is 0 Å². The van der Waals surface area contributed by atoms with Crippen LogP contribution in [-0.4, -0.2) is 30.3 Å². The molecule has 21 heavy (non-hydrogen) atoms. The zero-order valence-corrected chi connectivity index (χ0v) is 14.1. The molecule has 1 aliphatic rings. The van der Waals surface area contributed by atoms with Gasteiger partial charge in [0.2, 0.25) is 0 Å². The zero-order chi connectivity index (χ0) is 15.6. The number of hydrogen-bond donors (Lipinski definition) is 0. The Kier molecular flexibility index (Phi) is 4.88. The van der Waals surface area contributed by atoms with Crippen LogP contribution in [0.2, 0.25) is 0 Å². The summed E-state index contributed by atoms with van der Waals surface area (Å²) in [5.41, 5.74) is 1.86. The average molecular weight is 287 g/mol. The standard InChI is InChI=1S/C19H29NO/c1-14(2)16-6-8-17(9-7-16)18(21)19(20(4)5)12-10-15(3)11-13-19/h6-9,14-15H,10-13H2,1-5H3. The fourth-order valence-electron chi connectivity index (χ4n) is 3.41. The Morgan fingerprint density at radius 1 is 1.14 bits per heavy atom. The molecule has 0 heterocycles. The van der Waals surface area contributed by atoms with Crippen LogP contribution in [0.25, 0.3) is 0 Å². The number of benzene rings is 1. The van der Waals surface area contributed by atoms with Crippen molar-refractivity contribution in [1.82, 2.24) is 4.90 Å². The minimum absolute atomic E-state index is 0.300. The van der Waals surface area contributed by atoms with Crippen molar-refractivity contribution in [2.75, 3.05) is 14.1 Å². The molecule has 0 saturated heterocycles. The van der Waals surface area contributed by atoms with Crippen LogP contribution in [0, 0.1) is 5.92 Å². The van der Waals surface area contributed by atoms with Gasteiger partial charge in [0.15, 0.2) is 5.78 Å². The molecule has 0 unspecified atom stereocenters. The van der Waals surface area contributed by atoms with Crippen molar-refractivity contribution in [2.24, 2.45) is 5.92 Å². The Morgan fingerprint density at radius 3 is 2.10 bits per heavy atom. The fraction of sp³-hybridized carbons (Fsp3) is 0.632. The minimum atomic E-state index is -0.300. The second-order valence-electron chi connectivity index (χ2n) is 7.21. The molecule has 0 spiro atoms. The summed E-state index contributed by atoms with van der Waals surface area (Å²) in [7, 11) is 4.10. The molecule has 0 aliphatic heterocycles. The van der Waals surface area contributed by atoms with E-state index in [2.05, 4.69) is 51.9 Å². The average Bonchev–Trinajstić information content (AvgIpc) is 2.47. The van der Waals surface area contributed by atoms with Gasteiger partial charge in [-0.25, -0.2) is 0 Å². The molecule has 0 radical (unpaired) electrons. The van der Waals surface area contributed by atoms with E-state index in [9.17, 15) is 4.79 Å². The molecular formula is C19H29NO. The fourth-order valence-corrected chi connectivity index (χ4v) is 3.41. The van der Waals surface area contributed by atoms with Crippen LogP contribution in [-0.2, 0) is 0 Å². The first kappa shape index (κ1) is 16.2. The van der Waals surface area contributed by atoms with Gasteiger partial charge >= 0.3 is 0 Å². The van der Waals surface area contributed by atoms with Crippen molar-refractivity contribution in [3.63, 3.8) is 0 Å². The van der Waals surface area contributed by atoms with Gasteiger partial charge in [0.25, 0.3) is 0 Å². The Balaban J connectivity index is 2.26. The van der Waals surface area contributed by atoms with Gasteiger partial charge < -0.3 is 0 Å². The highest BCUT2D eigenvalue weighted by Gasteiger charge is 2.43. The van der Waals surface area contributed by atoms with Gasteiger partial charge in [-0.15, -0.1) is 0 Å². The molecule has 0 bridgehead atoms. The SMILES string of the molecule is CC1CCC(C(=O)c2ccc(C(C)C)cc2)(N(C)C)CC1. The number of ketones is 1. The summed E-state index contributed by atoms with van der Waals surface area (Å²) in [4.78, 5) is 15.3. The predicted octanol–water partition coefficient (Wildman–Crippen LogP) is 4.50. The summed E-state index contributed by atoms with van der Waals surface area (Å²) in [6, 6.07) is 8.24. The van der Waals surface area contributed by atoms with E-state index in [1.165, 1.54) is 5.56 Å². The van der Waals surface area contributed by atoms with E-state index in [0.29, 0.717) is 11.7 Å². The first-order valence-corrected chi connectivity index (χ1v) is 8.19. The van der Waals surface area contributed by atoms with Crippen molar-refractivity contribution in [1.29, 1.82) is 0 Å². The topological polar surface area (TPSA) is 20.3 Å². The predicted molar refractivity (Wildman–Crippen MR) is 88.9 cm³/mol. The van der Waals surface area contributed by atoms with Crippen molar-refractivity contribution in [2.45, 2.75) is 57.9 Å². The van der Waals surface area contributed by atoms with Gasteiger partial charge in [-0.1, -0.05) is 45.0 Å². The number of nitrogens with zero attached hydrogens (tertiary/aromatic N) is 1. The number of carbonyl (C=O) groups is 1. The molecule has 0 atom stereocenters. The van der Waals surface area contributed by atoms with Crippen molar-refractivity contribution >= 4 is 5.78 Å². The summed E-state index contributed by atoms with van der Waals surface area (Å²) >= 11 is 0. The van der Waals surface area contributed by atoms with Crippen LogP contribution in [0.1, 0.15) is 68.3 Å². The summed E-state index contributed by atoms with van der Waals surface area (Å²) in [6.07, 6.45) is 4.25. The number of rotatable bonds is 4. The minimum Gasteiger partial charge on any atom is -0.297 e. The van der Waals surface area contributed by atoms with E-state index in [1.54, 1.807) is 0 Å². The third-order valence-electron chi connectivity index (χ3n) is 5.22. The highest BCUT2D eigenvalue weighted by molar-refractivity contribution is 6.03. The van der Waals surface area contributed by atoms with Gasteiger partial charge in [0.05, 0.1) is 5.54 Å². The van der Waals surface area contributed by atoms with E-state index in [4.69, 9.17) is 0 Å². The highest BCUT2D eigenvalue weighted by Crippen LogP contribution is 2.37. The van der Waals surface area contributed by atoms with Crippen LogP contribution in [0.15, 0.2) is 24.3 Å². The molecule has 2 heteroatoms. The normalized spacial score (nSPS) is 26.3. The number of likely N-dealkylation sites (N-methyl/N-ethyl adjacent to an activating group) is 1. The maximum absolute atomic E-state index is 13.1. The Bertz CT molecular complexity index is 479. The molecular weight excluding hydrogens is 258 g/mol. The van der Waals surface area contributed by atoms with E-state index in [1.807, 2.05) is 12.1 Å². The number of Topliss-reactive ketones (excluding diaryl/α,β-unsaturated/α-hetero) is 1. The maximum Gasteiger partial charge on any atom is 0.183 e. The molecule has 116 valence electrons. The van der Waals surface area contributed by atoms with Crippen molar-refractivity contribution in [3.05, 3.63) is 35.4 Å². The molecule has 0 amide bonds. The number of hydrogen-bond acceptors (Lipinski definition) is 2. The molecule has 0 N–H and O–H groups in total. The summed E-state index contributed by atoms with van der Waals surface area (Å²) in [5, 5.41) is 0. The first-order valence-electron chi connectivity index (χ1n) is 8.19. The molecule has 1 aromatic rings. The molecule has 0 aromatic heterocycles. The highest BCUT2D eigenvalue weighted by atomic mass is 16.1. The molecule has 1 saturated carbocycles. The van der Waals surface area contributed by atoms with Crippen molar-refractivity contribution in [3.8, 4) is 0 Å². The lowest BCUT2D eigenvalue weighted by Gasteiger charge is -2.43. The van der Waals surface area contributed by atoms with E-state index < -0.39 is 0 Å². The Labute approximate surface area is 129 Å². The van der Waals surface area contributed by atoms with Gasteiger partial charge in [0, 0.05) is 5.56 Å². The summed E-state index contributed by atoms with van der Waals surface area (Å²) in [6.45, 7) is 6.66. The van der Waals surface area contributed by atoms with Crippen LogP contribution in [0.5, 0.6) is 0 Å². The molecule has 2 rings (SSSR count). The van der Waals surface area contributed by atoms with E-state index in [-0.39, 0.29) is 5.54 Å². The molecule has 1 aliphatic carbocycles. The zero-order valence-electron chi connectivity index (χ0n) is 14.1. The van der Waals surface area contributed by atoms with Gasteiger partial charge in [-0.2, -0.15) is 0 Å². The quantitative estimate of drug-likeness (QED) is 0.760. The molecule has 1 fully saturated rings. The number of carbonyl (C=O) groups excluding carboxylic acids is 1. The third-order valence-corrected chi connectivity index (χ3v) is 5.22. The Morgan fingerprint density at radius 2 is 1.67 bits per heavy atom. The molecule has 2 nitrogen and oxygen atoms in total. The first-order chi connectivity index (χ1) is 9.86. The lowest BCUT2D eigenvalue weighted by molar-refractivity contribution is 0.0513. The van der Waals surface area contributed by atoms with Crippen LogP contribution < -0.4 is 0 Å². The maximum atomic E-state index is 13.1. The third kappa shape index (κ3) is 3.21. The lowest BCUT2D eigenvalue weighted by atomic mass is 9.72. The van der Waals surface area contributed by atoms with Crippen LogP contribution in [0.3, 0.4) is 0 Å². The lowest BCUT2D eigenvalue weighted by Crippen LogP contribution is -2.53. The Hall–Kier alpha value is -1.15. The second-order valence-corrected chi connectivity index (χ2v) is 7.21. The smallest absolute Gasteiger partial charge is 0.183 e. The molecule has 1 aromatic carbocycles. The van der Waals surface area contributed by atoms with Crippen molar-refractivity contribution < 1.29 is 4.79 Å².